The Balaban J connectivity index is 1.95. The highest BCUT2D eigenvalue weighted by atomic mass is 16.7. The summed E-state index contributed by atoms with van der Waals surface area (Å²) in [5.74, 6) is 0.861. The molecule has 2 aliphatic heterocycles. The Bertz CT molecular complexity index is 288. The summed E-state index contributed by atoms with van der Waals surface area (Å²) in [6.45, 7) is 3.93. The van der Waals surface area contributed by atoms with E-state index in [1.807, 2.05) is 4.90 Å². The van der Waals surface area contributed by atoms with Crippen LogP contribution in [-0.4, -0.2) is 48.7 Å². The van der Waals surface area contributed by atoms with Crippen LogP contribution in [-0.2, 0) is 4.74 Å². The van der Waals surface area contributed by atoms with E-state index in [9.17, 15) is 10.1 Å². The molecule has 0 saturated carbocycles. The fraction of sp³-hybridized carbons (Fsp3) is 0.889. The summed E-state index contributed by atoms with van der Waals surface area (Å²) in [5, 5.41) is 16.1. The first kappa shape index (κ1) is 11.1. The third kappa shape index (κ3) is 2.82. The average Bonchev–Trinajstić information content (AvgIpc) is 2.73. The number of rotatable bonds is 3. The summed E-state index contributed by atoms with van der Waals surface area (Å²) < 4.78 is 5.29. The maximum Gasteiger partial charge on any atom is 0.271 e. The molecule has 90 valence electrons. The molecule has 0 aromatic carbocycles. The molecule has 0 bridgehead atoms. The van der Waals surface area contributed by atoms with Crippen molar-refractivity contribution >= 4 is 5.96 Å². The van der Waals surface area contributed by atoms with Crippen molar-refractivity contribution in [3.63, 3.8) is 0 Å². The molecule has 2 fully saturated rings. The van der Waals surface area contributed by atoms with Gasteiger partial charge in [-0.1, -0.05) is 0 Å². The van der Waals surface area contributed by atoms with Crippen LogP contribution in [0.5, 0.6) is 0 Å². The number of guanidine groups is 1. The molecule has 0 spiro atoms. The SMILES string of the molecule is O=[N+]([O-])N=C1NCCCN1CC1CCOC1. The average molecular weight is 228 g/mol. The molecule has 2 rings (SSSR count). The molecule has 1 N–H and O–H groups in total. The van der Waals surface area contributed by atoms with Gasteiger partial charge in [0, 0.05) is 32.2 Å². The second-order valence-corrected chi connectivity index (χ2v) is 4.12. The van der Waals surface area contributed by atoms with Gasteiger partial charge in [-0.05, 0) is 12.8 Å². The number of hydrazone groups is 1. The lowest BCUT2D eigenvalue weighted by Gasteiger charge is -2.30. The standard InChI is InChI=1S/C9H16N4O3/c14-13(15)11-9-10-3-1-4-12(9)6-8-2-5-16-7-8/h8H,1-7H2,(H,10,11). The Hall–Kier alpha value is -1.37. The molecule has 1 unspecified atom stereocenters. The number of nitrogens with zero attached hydrogens (tertiary/aromatic N) is 3. The van der Waals surface area contributed by atoms with E-state index in [2.05, 4.69) is 10.4 Å². The number of hydrogen-bond donors (Lipinski definition) is 1. The largest absolute Gasteiger partial charge is 0.381 e. The number of ether oxygens (including phenoxy) is 1. The van der Waals surface area contributed by atoms with Crippen LogP contribution in [0, 0.1) is 16.0 Å². The molecule has 0 aliphatic carbocycles. The minimum absolute atomic E-state index is 0.392. The molecule has 1 atom stereocenters. The molecule has 0 aromatic rings. The first-order chi connectivity index (χ1) is 7.75. The van der Waals surface area contributed by atoms with Crippen molar-refractivity contribution in [2.24, 2.45) is 11.0 Å². The van der Waals surface area contributed by atoms with Gasteiger partial charge in [-0.25, -0.2) is 10.1 Å². The van der Waals surface area contributed by atoms with E-state index < -0.39 is 5.03 Å². The van der Waals surface area contributed by atoms with Gasteiger partial charge in [-0.2, -0.15) is 0 Å². The lowest BCUT2D eigenvalue weighted by Crippen LogP contribution is -2.49. The van der Waals surface area contributed by atoms with Crippen LogP contribution < -0.4 is 5.32 Å². The fourth-order valence-electron chi connectivity index (χ4n) is 2.08. The van der Waals surface area contributed by atoms with Gasteiger partial charge in [0.15, 0.2) is 5.03 Å². The summed E-state index contributed by atoms with van der Waals surface area (Å²) in [6.07, 6.45) is 2.02. The van der Waals surface area contributed by atoms with Gasteiger partial charge in [0.05, 0.1) is 6.61 Å². The van der Waals surface area contributed by atoms with Crippen molar-refractivity contribution in [2.45, 2.75) is 12.8 Å². The van der Waals surface area contributed by atoms with Crippen molar-refractivity contribution in [1.82, 2.24) is 10.2 Å². The van der Waals surface area contributed by atoms with E-state index in [0.29, 0.717) is 11.9 Å². The molecule has 2 saturated heterocycles. The van der Waals surface area contributed by atoms with E-state index in [4.69, 9.17) is 4.74 Å². The van der Waals surface area contributed by atoms with Crippen LogP contribution in [0.4, 0.5) is 0 Å². The molecular weight excluding hydrogens is 212 g/mol. The van der Waals surface area contributed by atoms with Crippen molar-refractivity contribution < 1.29 is 9.77 Å². The van der Waals surface area contributed by atoms with Crippen LogP contribution in [0.2, 0.25) is 0 Å². The van der Waals surface area contributed by atoms with Gasteiger partial charge in [0.2, 0.25) is 0 Å². The maximum absolute atomic E-state index is 10.4. The number of hydrogen-bond acceptors (Lipinski definition) is 3. The molecule has 7 nitrogen and oxygen atoms in total. The molecule has 2 heterocycles. The first-order valence-electron chi connectivity index (χ1n) is 5.55. The fourth-order valence-corrected chi connectivity index (χ4v) is 2.08. The van der Waals surface area contributed by atoms with E-state index >= 15 is 0 Å². The van der Waals surface area contributed by atoms with Gasteiger partial charge in [0.1, 0.15) is 5.10 Å². The predicted octanol–water partition coefficient (Wildman–Crippen LogP) is -0.134. The van der Waals surface area contributed by atoms with Gasteiger partial charge in [-0.15, -0.1) is 0 Å². The quantitative estimate of drug-likeness (QED) is 0.537. The second kappa shape index (κ2) is 5.11. The smallest absolute Gasteiger partial charge is 0.271 e. The molecule has 0 aromatic heterocycles. The number of nitro groups is 1. The molecule has 7 heteroatoms. The van der Waals surface area contributed by atoms with Crippen LogP contribution in [0.15, 0.2) is 5.10 Å². The van der Waals surface area contributed by atoms with Crippen LogP contribution >= 0.6 is 0 Å². The highest BCUT2D eigenvalue weighted by molar-refractivity contribution is 5.79. The Morgan fingerprint density at radius 3 is 3.25 bits per heavy atom. The van der Waals surface area contributed by atoms with E-state index in [-0.39, 0.29) is 0 Å². The highest BCUT2D eigenvalue weighted by Gasteiger charge is 2.24. The summed E-state index contributed by atoms with van der Waals surface area (Å²) >= 11 is 0. The number of nitrogens with one attached hydrogen (secondary N) is 1. The Labute approximate surface area is 93.6 Å². The predicted molar refractivity (Wildman–Crippen MR) is 57.5 cm³/mol. The van der Waals surface area contributed by atoms with Gasteiger partial charge < -0.3 is 15.0 Å². The zero-order valence-corrected chi connectivity index (χ0v) is 9.09. The second-order valence-electron chi connectivity index (χ2n) is 4.12. The lowest BCUT2D eigenvalue weighted by molar-refractivity contribution is -0.486. The van der Waals surface area contributed by atoms with Gasteiger partial charge in [0.25, 0.3) is 5.96 Å². The Morgan fingerprint density at radius 2 is 2.56 bits per heavy atom. The molecule has 0 radical (unpaired) electrons. The Kier molecular flexibility index (Phi) is 3.55. The molecular formula is C9H16N4O3. The summed E-state index contributed by atoms with van der Waals surface area (Å²) in [5.41, 5.74) is 0. The van der Waals surface area contributed by atoms with E-state index in [1.54, 1.807) is 0 Å². The van der Waals surface area contributed by atoms with Crippen molar-refractivity contribution in [1.29, 1.82) is 0 Å². The highest BCUT2D eigenvalue weighted by Crippen LogP contribution is 2.15. The van der Waals surface area contributed by atoms with E-state index in [1.165, 1.54) is 0 Å². The van der Waals surface area contributed by atoms with Crippen LogP contribution in [0.25, 0.3) is 0 Å². The van der Waals surface area contributed by atoms with Crippen molar-refractivity contribution in [3.05, 3.63) is 10.1 Å². The zero-order valence-electron chi connectivity index (χ0n) is 9.09. The lowest BCUT2D eigenvalue weighted by atomic mass is 10.1. The van der Waals surface area contributed by atoms with Gasteiger partial charge in [-0.3, -0.25) is 0 Å². The first-order valence-corrected chi connectivity index (χ1v) is 5.55. The topological polar surface area (TPSA) is 80.0 Å². The minimum Gasteiger partial charge on any atom is -0.381 e. The van der Waals surface area contributed by atoms with E-state index in [0.717, 1.165) is 45.7 Å². The molecule has 2 aliphatic rings. The Morgan fingerprint density at radius 1 is 1.69 bits per heavy atom. The van der Waals surface area contributed by atoms with Crippen LogP contribution in [0.3, 0.4) is 0 Å². The monoisotopic (exact) mass is 228 g/mol. The van der Waals surface area contributed by atoms with Crippen molar-refractivity contribution in [3.8, 4) is 0 Å². The van der Waals surface area contributed by atoms with Crippen molar-refractivity contribution in [2.75, 3.05) is 32.8 Å². The van der Waals surface area contributed by atoms with Crippen LogP contribution in [0.1, 0.15) is 12.8 Å². The summed E-state index contributed by atoms with van der Waals surface area (Å²) in [4.78, 5) is 12.3. The third-order valence-electron chi connectivity index (χ3n) is 2.87. The minimum atomic E-state index is -0.647. The zero-order chi connectivity index (χ0) is 11.4. The normalized spacial score (nSPS) is 28.1. The summed E-state index contributed by atoms with van der Waals surface area (Å²) in [6, 6.07) is 0. The van der Waals surface area contributed by atoms with Gasteiger partial charge >= 0.3 is 0 Å². The third-order valence-corrected chi connectivity index (χ3v) is 2.87. The molecule has 0 amide bonds. The maximum atomic E-state index is 10.4. The molecule has 16 heavy (non-hydrogen) atoms. The summed E-state index contributed by atoms with van der Waals surface area (Å²) in [7, 11) is 0.